The van der Waals surface area contributed by atoms with Gasteiger partial charge in [-0.05, 0) is 111 Å². The monoisotopic (exact) mass is 823 g/mol. The molecule has 13 heteroatoms. The number of aliphatic hydroxyl groups is 3. The molecule has 59 heavy (non-hydrogen) atoms. The van der Waals surface area contributed by atoms with E-state index in [1.807, 2.05) is 75.4 Å². The molecule has 314 valence electrons. The van der Waals surface area contributed by atoms with Crippen molar-refractivity contribution in [1.82, 2.24) is 15.0 Å². The number of carbonyl (C=O) groups excluding carboxylic acids is 2. The quantitative estimate of drug-likeness (QED) is 0.100. The van der Waals surface area contributed by atoms with Gasteiger partial charge in [0.25, 0.3) is 5.88 Å². The fraction of sp³-hybridized carbons (Fsp3) is 0.500. The molecule has 0 bridgehead atoms. The number of benzene rings is 3. The van der Waals surface area contributed by atoms with E-state index in [0.717, 1.165) is 47.1 Å². The van der Waals surface area contributed by atoms with Gasteiger partial charge in [0.2, 0.25) is 11.6 Å². The normalized spacial score (nSPS) is 23.7. The number of rotatable bonds is 12. The predicted molar refractivity (Wildman–Crippen MR) is 226 cm³/mol. The third kappa shape index (κ3) is 6.83. The first-order valence-electron chi connectivity index (χ1n) is 20.8. The lowest BCUT2D eigenvalue weighted by Gasteiger charge is -2.55. The Labute approximate surface area is 346 Å². The maximum atomic E-state index is 15.9. The summed E-state index contributed by atoms with van der Waals surface area (Å²) in [6.45, 7) is 14.6. The highest BCUT2D eigenvalue weighted by Crippen LogP contribution is 2.59. The molecular weight excluding hydrogens is 767 g/mol. The first kappa shape index (κ1) is 41.4. The summed E-state index contributed by atoms with van der Waals surface area (Å²) < 4.78 is 25.9. The minimum atomic E-state index is -2.92. The molecule has 1 saturated carbocycles. The van der Waals surface area contributed by atoms with Crippen molar-refractivity contribution in [3.8, 4) is 11.6 Å². The number of aryl methyl sites for hydroxylation is 1. The van der Waals surface area contributed by atoms with E-state index in [4.69, 9.17) is 18.4 Å². The summed E-state index contributed by atoms with van der Waals surface area (Å²) in [5, 5.41) is 38.4. The van der Waals surface area contributed by atoms with Crippen molar-refractivity contribution in [3.05, 3.63) is 93.2 Å². The predicted octanol–water partition coefficient (Wildman–Crippen LogP) is 6.94. The second-order valence-electron chi connectivity index (χ2n) is 18.6. The lowest BCUT2D eigenvalue weighted by Crippen LogP contribution is -2.68. The van der Waals surface area contributed by atoms with Crippen LogP contribution in [0.15, 0.2) is 58.6 Å². The third-order valence-corrected chi connectivity index (χ3v) is 18.0. The average Bonchev–Trinajstić information content (AvgIpc) is 3.59. The van der Waals surface area contributed by atoms with Gasteiger partial charge in [-0.1, -0.05) is 63.2 Å². The van der Waals surface area contributed by atoms with Gasteiger partial charge < -0.3 is 33.7 Å². The molecule has 0 amide bonds. The van der Waals surface area contributed by atoms with Gasteiger partial charge in [-0.2, -0.15) is 0 Å². The Bertz CT molecular complexity index is 2330. The summed E-state index contributed by atoms with van der Waals surface area (Å²) in [5.74, 6) is -1.72. The van der Waals surface area contributed by atoms with E-state index in [0.29, 0.717) is 35.5 Å². The summed E-state index contributed by atoms with van der Waals surface area (Å²) in [5.41, 5.74) is 2.21. The average molecular weight is 824 g/mol. The fourth-order valence-corrected chi connectivity index (χ4v) is 10.8. The molecular formula is C46H57N3O9Si. The Kier molecular flexibility index (Phi) is 10.7. The number of hydrogen-bond donors (Lipinski definition) is 3. The van der Waals surface area contributed by atoms with Crippen molar-refractivity contribution < 1.29 is 43.3 Å². The Hall–Kier alpha value is -4.37. The van der Waals surface area contributed by atoms with Crippen LogP contribution in [0.25, 0.3) is 16.5 Å². The van der Waals surface area contributed by atoms with Crippen molar-refractivity contribution in [2.75, 3.05) is 40.4 Å². The van der Waals surface area contributed by atoms with Gasteiger partial charge in [0, 0.05) is 34.5 Å². The number of carbonyl (C=O) groups is 2. The lowest BCUT2D eigenvalue weighted by atomic mass is 9.57. The van der Waals surface area contributed by atoms with Crippen LogP contribution in [0.2, 0.25) is 18.1 Å². The second-order valence-corrected chi connectivity index (χ2v) is 23.4. The Balaban J connectivity index is 1.32. The number of aromatic nitrogens is 1. The number of nitrogens with zero attached hydrogens (tertiary/aromatic N) is 3. The van der Waals surface area contributed by atoms with E-state index in [1.54, 1.807) is 0 Å². The van der Waals surface area contributed by atoms with E-state index < -0.39 is 56.1 Å². The van der Waals surface area contributed by atoms with E-state index in [-0.39, 0.29) is 41.0 Å². The molecule has 1 saturated heterocycles. The van der Waals surface area contributed by atoms with Crippen LogP contribution in [0, 0.1) is 18.8 Å². The Morgan fingerprint density at radius 2 is 1.75 bits per heavy atom. The molecule has 1 aromatic heterocycles. The van der Waals surface area contributed by atoms with Gasteiger partial charge in [-0.15, -0.1) is 0 Å². The zero-order valence-electron chi connectivity index (χ0n) is 35.4. The second kappa shape index (κ2) is 15.3. The van der Waals surface area contributed by atoms with Crippen LogP contribution in [0.1, 0.15) is 83.6 Å². The van der Waals surface area contributed by atoms with E-state index in [2.05, 4.69) is 43.0 Å². The molecule has 5 atom stereocenters. The number of Topliss-reactive ketones (excluding diaryl/α,β-unsaturated/α-hetero) is 2. The molecule has 4 aliphatic rings. The number of aliphatic hydroxyl groups excluding tert-OH is 3. The smallest absolute Gasteiger partial charge is 0.265 e. The third-order valence-electron chi connectivity index (χ3n) is 13.6. The summed E-state index contributed by atoms with van der Waals surface area (Å²) in [6, 6.07) is 15.2. The lowest BCUT2D eigenvalue weighted by molar-refractivity contribution is -0.140. The number of ketones is 2. The van der Waals surface area contributed by atoms with Crippen LogP contribution in [0.5, 0.6) is 11.6 Å². The minimum Gasteiger partial charge on any atom is -0.507 e. The SMILES string of the molecule is Cc1c2c(c(OCC(O)CO)c3ccc(CN4CCC4)cc13)C[C@H]1C[C@H]3[C@H](N(C)C)c4onc(OCc5ccccc5)c4C(=O)[C@@]3(O[Si](C)(C)C(C)(C)C)C(=O)C1=C2O. The van der Waals surface area contributed by atoms with Crippen molar-refractivity contribution in [1.29, 1.82) is 0 Å². The molecule has 1 aliphatic heterocycles. The Morgan fingerprint density at radius 1 is 1.02 bits per heavy atom. The van der Waals surface area contributed by atoms with Crippen LogP contribution in [-0.4, -0.2) is 102 Å². The number of ether oxygens (including phenoxy) is 2. The Morgan fingerprint density at radius 3 is 2.39 bits per heavy atom. The summed E-state index contributed by atoms with van der Waals surface area (Å²) in [4.78, 5) is 35.8. The molecule has 8 rings (SSSR count). The largest absolute Gasteiger partial charge is 0.507 e. The highest BCUT2D eigenvalue weighted by molar-refractivity contribution is 6.74. The standard InChI is InChI=1S/C46H57N3O9Si/c1-26-32-19-28(22-49-17-12-18-49)15-16-31(32)40(55-25-30(51)23-50)33-20-29-21-34-38(48(5)6)41-37(44(47-57-41)56-24-27-13-10-9-11-14-27)43(54)46(34,58-59(7,8)45(2,3)4)42(53)36(29)39(52)35(26)33/h9-11,13-16,19,29-30,34,38,50-52H,12,17-18,20-25H2,1-8H3/t29-,30?,34-,38-,46-/m0/s1. The summed E-state index contributed by atoms with van der Waals surface area (Å²) in [7, 11) is 0.860. The molecule has 12 nitrogen and oxygen atoms in total. The molecule has 0 radical (unpaired) electrons. The zero-order valence-corrected chi connectivity index (χ0v) is 36.4. The topological polar surface area (TPSA) is 155 Å². The van der Waals surface area contributed by atoms with Crippen molar-refractivity contribution >= 4 is 36.4 Å². The maximum Gasteiger partial charge on any atom is 0.265 e. The summed E-state index contributed by atoms with van der Waals surface area (Å²) in [6.07, 6.45) is 0.681. The summed E-state index contributed by atoms with van der Waals surface area (Å²) >= 11 is 0. The molecule has 1 unspecified atom stereocenters. The molecule has 2 heterocycles. The van der Waals surface area contributed by atoms with Crippen LogP contribution >= 0.6 is 0 Å². The molecule has 3 aromatic carbocycles. The number of fused-ring (bicyclic) bond motifs is 5. The highest BCUT2D eigenvalue weighted by atomic mass is 28.4. The maximum absolute atomic E-state index is 15.9. The fourth-order valence-electron chi connectivity index (χ4n) is 9.39. The van der Waals surface area contributed by atoms with Gasteiger partial charge in [-0.25, -0.2) is 0 Å². The minimum absolute atomic E-state index is 0.00248. The molecule has 2 fully saturated rings. The highest BCUT2D eigenvalue weighted by Gasteiger charge is 2.69. The van der Waals surface area contributed by atoms with Gasteiger partial charge in [0.15, 0.2) is 19.7 Å². The number of likely N-dealkylation sites (tertiary alicyclic amines) is 1. The van der Waals surface area contributed by atoms with Crippen LogP contribution in [0.3, 0.4) is 0 Å². The van der Waals surface area contributed by atoms with E-state index >= 15 is 9.59 Å². The first-order chi connectivity index (χ1) is 28.0. The number of hydrogen-bond acceptors (Lipinski definition) is 12. The molecule has 3 aliphatic carbocycles. The zero-order chi connectivity index (χ0) is 42.2. The van der Waals surface area contributed by atoms with Gasteiger partial charge in [-0.3, -0.25) is 19.4 Å². The van der Waals surface area contributed by atoms with E-state index in [1.165, 1.54) is 6.42 Å². The molecule has 0 spiro atoms. The molecule has 3 N–H and O–H groups in total. The van der Waals surface area contributed by atoms with Gasteiger partial charge in [0.05, 0.1) is 12.6 Å². The van der Waals surface area contributed by atoms with Crippen molar-refractivity contribution in [2.45, 2.75) is 96.0 Å². The van der Waals surface area contributed by atoms with Crippen molar-refractivity contribution in [2.24, 2.45) is 11.8 Å². The van der Waals surface area contributed by atoms with Gasteiger partial charge in [0.1, 0.15) is 36.4 Å². The van der Waals surface area contributed by atoms with Crippen LogP contribution < -0.4 is 9.47 Å². The first-order valence-corrected chi connectivity index (χ1v) is 23.7. The van der Waals surface area contributed by atoms with Crippen LogP contribution in [0.4, 0.5) is 0 Å². The molecule has 4 aromatic rings. The van der Waals surface area contributed by atoms with Gasteiger partial charge >= 0.3 is 0 Å². The van der Waals surface area contributed by atoms with Crippen LogP contribution in [-0.2, 0) is 28.8 Å². The van der Waals surface area contributed by atoms with Crippen molar-refractivity contribution in [3.63, 3.8) is 0 Å². The van der Waals surface area contributed by atoms with E-state index in [9.17, 15) is 15.3 Å².